The molecule has 31 heavy (non-hydrogen) atoms. The minimum Gasteiger partial charge on any atom is -0.368 e. The Balaban J connectivity index is 2.05. The molecule has 3 aromatic heterocycles. The molecule has 0 unspecified atom stereocenters. The number of hydrogen-bond acceptors (Lipinski definition) is 5. The van der Waals surface area contributed by atoms with Crippen LogP contribution >= 0.6 is 34.2 Å². The summed E-state index contributed by atoms with van der Waals surface area (Å²) in [6.07, 6.45) is 3.87. The zero-order valence-electron chi connectivity index (χ0n) is 18.8. The van der Waals surface area contributed by atoms with Crippen LogP contribution in [0.25, 0.3) is 11.0 Å². The summed E-state index contributed by atoms with van der Waals surface area (Å²) in [5.74, 6) is 6.74. The highest BCUT2D eigenvalue weighted by Crippen LogP contribution is 2.28. The van der Waals surface area contributed by atoms with E-state index in [0.717, 1.165) is 22.2 Å². The summed E-state index contributed by atoms with van der Waals surface area (Å²) < 4.78 is 3.22. The molecule has 164 valence electrons. The topological polar surface area (TPSA) is 72.9 Å². The Bertz CT molecular complexity index is 1160. The van der Waals surface area contributed by atoms with Gasteiger partial charge >= 0.3 is 0 Å². The Hall–Kier alpha value is -1.89. The molecule has 8 heteroatoms. The highest BCUT2D eigenvalue weighted by atomic mass is 127. The highest BCUT2D eigenvalue weighted by Gasteiger charge is 2.17. The molecule has 3 heterocycles. The Kier molecular flexibility index (Phi) is 7.45. The van der Waals surface area contributed by atoms with E-state index in [1.807, 2.05) is 17.0 Å². The summed E-state index contributed by atoms with van der Waals surface area (Å²) in [6, 6.07) is 0.834. The average Bonchev–Trinajstić information content (AvgIpc) is 3.02. The van der Waals surface area contributed by atoms with Gasteiger partial charge in [0.2, 0.25) is 5.95 Å². The second-order valence-corrected chi connectivity index (χ2v) is 9.67. The van der Waals surface area contributed by atoms with Crippen LogP contribution in [0.15, 0.2) is 12.4 Å². The quantitative estimate of drug-likeness (QED) is 0.281. The summed E-state index contributed by atoms with van der Waals surface area (Å²) >= 11 is 8.83. The van der Waals surface area contributed by atoms with Crippen LogP contribution in [0, 0.1) is 29.3 Å². The van der Waals surface area contributed by atoms with Gasteiger partial charge in [-0.1, -0.05) is 23.4 Å². The van der Waals surface area contributed by atoms with Crippen molar-refractivity contribution in [1.29, 1.82) is 0 Å². The number of rotatable bonds is 5. The van der Waals surface area contributed by atoms with Crippen LogP contribution in [0.3, 0.4) is 0 Å². The standard InChI is InChI=1S/C23H28ClIN6/c1-13(2)31(14(3)4)9-7-8-17-11-30(22-19(17)21(24)28-23(26)29-22)12-18-16(6)20(25)15(5)10-27-18/h10-11,13-14H,9,12H2,1-6H3,(H2,26,28,29). The molecule has 0 aliphatic carbocycles. The fraction of sp³-hybridized carbons (Fsp3) is 0.435. The lowest BCUT2D eigenvalue weighted by molar-refractivity contribution is 0.200. The van der Waals surface area contributed by atoms with E-state index in [0.29, 0.717) is 36.0 Å². The van der Waals surface area contributed by atoms with E-state index >= 15 is 0 Å². The van der Waals surface area contributed by atoms with Gasteiger partial charge in [-0.15, -0.1) is 0 Å². The van der Waals surface area contributed by atoms with Crippen molar-refractivity contribution in [3.8, 4) is 11.8 Å². The van der Waals surface area contributed by atoms with Gasteiger partial charge < -0.3 is 10.3 Å². The van der Waals surface area contributed by atoms with Gasteiger partial charge in [0, 0.05) is 28.0 Å². The van der Waals surface area contributed by atoms with Crippen molar-refractivity contribution in [2.75, 3.05) is 12.3 Å². The van der Waals surface area contributed by atoms with Crippen molar-refractivity contribution in [2.24, 2.45) is 0 Å². The Morgan fingerprint density at radius 3 is 2.52 bits per heavy atom. The lowest BCUT2D eigenvalue weighted by Gasteiger charge is -2.28. The number of fused-ring (bicyclic) bond motifs is 1. The molecule has 0 aromatic carbocycles. The third-order valence-electron chi connectivity index (χ3n) is 5.34. The van der Waals surface area contributed by atoms with Gasteiger partial charge in [-0.25, -0.2) is 4.98 Å². The van der Waals surface area contributed by atoms with Crippen molar-refractivity contribution in [2.45, 2.75) is 60.2 Å². The van der Waals surface area contributed by atoms with Gasteiger partial charge in [0.1, 0.15) is 10.8 Å². The van der Waals surface area contributed by atoms with Gasteiger partial charge in [-0.3, -0.25) is 9.88 Å². The van der Waals surface area contributed by atoms with E-state index in [9.17, 15) is 0 Å². The van der Waals surface area contributed by atoms with Crippen LogP contribution in [0.5, 0.6) is 0 Å². The van der Waals surface area contributed by atoms with Crippen molar-refractivity contribution < 1.29 is 0 Å². The summed E-state index contributed by atoms with van der Waals surface area (Å²) in [7, 11) is 0. The first-order valence-corrected chi connectivity index (χ1v) is 11.7. The fourth-order valence-electron chi connectivity index (χ4n) is 3.63. The maximum Gasteiger partial charge on any atom is 0.223 e. The summed E-state index contributed by atoms with van der Waals surface area (Å²) in [5.41, 5.74) is 10.7. The lowest BCUT2D eigenvalue weighted by atomic mass is 10.1. The zero-order chi connectivity index (χ0) is 22.9. The van der Waals surface area contributed by atoms with Crippen LogP contribution < -0.4 is 5.73 Å². The normalized spacial score (nSPS) is 11.6. The van der Waals surface area contributed by atoms with Gasteiger partial charge in [0.25, 0.3) is 0 Å². The molecule has 3 aromatic rings. The maximum atomic E-state index is 6.46. The van der Waals surface area contributed by atoms with E-state index in [1.54, 1.807) is 0 Å². The second kappa shape index (κ2) is 9.72. The molecule has 0 saturated carbocycles. The third kappa shape index (κ3) is 5.13. The summed E-state index contributed by atoms with van der Waals surface area (Å²) in [6.45, 7) is 14.1. The highest BCUT2D eigenvalue weighted by molar-refractivity contribution is 14.1. The van der Waals surface area contributed by atoms with E-state index in [4.69, 9.17) is 17.3 Å². The Labute approximate surface area is 202 Å². The number of nitrogens with two attached hydrogens (primary N) is 1. The van der Waals surface area contributed by atoms with Crippen LogP contribution in [-0.4, -0.2) is 43.0 Å². The molecule has 0 aliphatic rings. The Morgan fingerprint density at radius 1 is 1.19 bits per heavy atom. The van der Waals surface area contributed by atoms with Gasteiger partial charge in [0.15, 0.2) is 0 Å². The van der Waals surface area contributed by atoms with E-state index < -0.39 is 0 Å². The molecular formula is C23H28ClIN6. The number of pyridine rings is 1. The summed E-state index contributed by atoms with van der Waals surface area (Å²) in [4.78, 5) is 15.6. The van der Waals surface area contributed by atoms with Gasteiger partial charge in [-0.2, -0.15) is 4.98 Å². The lowest BCUT2D eigenvalue weighted by Crippen LogP contribution is -2.37. The first-order chi connectivity index (χ1) is 14.6. The molecule has 0 saturated heterocycles. The molecule has 0 spiro atoms. The molecule has 6 nitrogen and oxygen atoms in total. The van der Waals surface area contributed by atoms with E-state index in [2.05, 4.69) is 95.8 Å². The number of anilines is 1. The molecule has 0 aliphatic heterocycles. The van der Waals surface area contributed by atoms with Crippen LogP contribution in [0.4, 0.5) is 5.95 Å². The van der Waals surface area contributed by atoms with Crippen molar-refractivity contribution in [1.82, 2.24) is 24.4 Å². The molecule has 0 atom stereocenters. The van der Waals surface area contributed by atoms with E-state index in [1.165, 1.54) is 9.13 Å². The zero-order valence-corrected chi connectivity index (χ0v) is 21.7. The van der Waals surface area contributed by atoms with Crippen molar-refractivity contribution >= 4 is 51.2 Å². The first-order valence-electron chi connectivity index (χ1n) is 10.3. The predicted octanol–water partition coefficient (Wildman–Crippen LogP) is 4.80. The van der Waals surface area contributed by atoms with Crippen LogP contribution in [0.1, 0.15) is 50.1 Å². The minimum atomic E-state index is 0.144. The molecule has 0 amide bonds. The monoisotopic (exact) mass is 550 g/mol. The number of nitrogens with zero attached hydrogens (tertiary/aromatic N) is 5. The minimum absolute atomic E-state index is 0.144. The van der Waals surface area contributed by atoms with Gasteiger partial charge in [-0.05, 0) is 75.3 Å². The van der Waals surface area contributed by atoms with E-state index in [-0.39, 0.29) is 5.95 Å². The second-order valence-electron chi connectivity index (χ2n) is 8.23. The molecule has 0 fully saturated rings. The molecule has 0 radical (unpaired) electrons. The fourth-order valence-corrected chi connectivity index (χ4v) is 4.36. The number of nitrogen functional groups attached to an aromatic ring is 1. The molecule has 0 bridgehead atoms. The largest absolute Gasteiger partial charge is 0.368 e. The number of hydrogen-bond donors (Lipinski definition) is 1. The summed E-state index contributed by atoms with van der Waals surface area (Å²) in [5, 5.41) is 1.04. The number of aryl methyl sites for hydroxylation is 1. The third-order valence-corrected chi connectivity index (χ3v) is 7.28. The van der Waals surface area contributed by atoms with Gasteiger partial charge in [0.05, 0.1) is 29.7 Å². The smallest absolute Gasteiger partial charge is 0.223 e. The first kappa shape index (κ1) is 23.8. The van der Waals surface area contributed by atoms with Crippen molar-refractivity contribution in [3.63, 3.8) is 0 Å². The molecule has 2 N–H and O–H groups in total. The van der Waals surface area contributed by atoms with Crippen LogP contribution in [0.2, 0.25) is 5.15 Å². The molecule has 3 rings (SSSR count). The van der Waals surface area contributed by atoms with Crippen LogP contribution in [-0.2, 0) is 6.54 Å². The number of halogens is 2. The molecular weight excluding hydrogens is 523 g/mol. The predicted molar refractivity (Wildman–Crippen MR) is 136 cm³/mol. The SMILES string of the molecule is Cc1cnc(Cn2cc(C#CCN(C(C)C)C(C)C)c3c(Cl)nc(N)nc32)c(C)c1I. The maximum absolute atomic E-state index is 6.46. The average molecular weight is 551 g/mol. The number of aromatic nitrogens is 4. The van der Waals surface area contributed by atoms with Crippen molar-refractivity contribution in [3.05, 3.63) is 43.5 Å². The Morgan fingerprint density at radius 2 is 1.87 bits per heavy atom.